The molecule has 0 saturated carbocycles. The number of benzene rings is 1. The second kappa shape index (κ2) is 6.79. The summed E-state index contributed by atoms with van der Waals surface area (Å²) >= 11 is 0. The van der Waals surface area contributed by atoms with Crippen LogP contribution in [0.4, 0.5) is 0 Å². The van der Waals surface area contributed by atoms with Gasteiger partial charge in [0.1, 0.15) is 11.9 Å². The van der Waals surface area contributed by atoms with Crippen molar-refractivity contribution in [1.29, 1.82) is 0 Å². The lowest BCUT2D eigenvalue weighted by Crippen LogP contribution is -2.40. The lowest BCUT2D eigenvalue weighted by Gasteiger charge is -2.34. The van der Waals surface area contributed by atoms with Crippen LogP contribution in [-0.2, 0) is 0 Å². The third-order valence-corrected chi connectivity index (χ3v) is 10.1. The first-order chi connectivity index (χ1) is 8.59. The Balaban J connectivity index is 2.77. The first kappa shape index (κ1) is 15.0. The van der Waals surface area contributed by atoms with E-state index in [4.69, 9.17) is 4.74 Å². The maximum absolute atomic E-state index is 6.02. The Kier molecular flexibility index (Phi) is 5.67. The summed E-state index contributed by atoms with van der Waals surface area (Å²) < 4.78 is 6.02. The molecular formula is C16H26OSi. The van der Waals surface area contributed by atoms with Gasteiger partial charge in [-0.3, -0.25) is 0 Å². The number of hydrogen-bond acceptors (Lipinski definition) is 1. The minimum atomic E-state index is -1.36. The maximum atomic E-state index is 6.02. The molecule has 100 valence electrons. The largest absolute Gasteiger partial charge is 0.487 e. The minimum Gasteiger partial charge on any atom is -0.487 e. The van der Waals surface area contributed by atoms with Crippen LogP contribution in [0.5, 0.6) is 5.75 Å². The zero-order chi connectivity index (χ0) is 13.6. The fraction of sp³-hybridized carbons (Fsp3) is 0.500. The lowest BCUT2D eigenvalue weighted by molar-refractivity contribution is 0.264. The summed E-state index contributed by atoms with van der Waals surface area (Å²) in [5.41, 5.74) is 0. The van der Waals surface area contributed by atoms with E-state index in [0.717, 1.165) is 5.75 Å². The SMILES string of the molecule is C=C(C(C)Oc1ccccc1)[Si](CC)(CC)CC. The number of rotatable bonds is 7. The lowest BCUT2D eigenvalue weighted by atomic mass is 10.3. The van der Waals surface area contributed by atoms with Gasteiger partial charge in [0.05, 0.1) is 8.07 Å². The Hall–Kier alpha value is -1.02. The Morgan fingerprint density at radius 3 is 2.06 bits per heavy atom. The second-order valence-electron chi connectivity index (χ2n) is 4.94. The Bertz CT molecular complexity index is 360. The molecule has 0 N–H and O–H groups in total. The van der Waals surface area contributed by atoms with Gasteiger partial charge in [0, 0.05) is 0 Å². The molecule has 1 aromatic rings. The highest BCUT2D eigenvalue weighted by Gasteiger charge is 2.33. The monoisotopic (exact) mass is 262 g/mol. The van der Waals surface area contributed by atoms with Crippen LogP contribution in [0.3, 0.4) is 0 Å². The van der Waals surface area contributed by atoms with E-state index < -0.39 is 8.07 Å². The first-order valence-electron chi connectivity index (χ1n) is 7.00. The normalized spacial score (nSPS) is 13.1. The molecule has 1 atom stereocenters. The van der Waals surface area contributed by atoms with Gasteiger partial charge in [-0.2, -0.15) is 0 Å². The molecule has 0 saturated heterocycles. The highest BCUT2D eigenvalue weighted by Crippen LogP contribution is 2.31. The molecule has 0 aromatic heterocycles. The van der Waals surface area contributed by atoms with Crippen LogP contribution < -0.4 is 4.74 Å². The molecule has 0 radical (unpaired) electrons. The molecule has 0 heterocycles. The van der Waals surface area contributed by atoms with Crippen molar-refractivity contribution < 1.29 is 4.74 Å². The van der Waals surface area contributed by atoms with E-state index in [-0.39, 0.29) is 6.10 Å². The van der Waals surface area contributed by atoms with E-state index >= 15 is 0 Å². The minimum absolute atomic E-state index is 0.124. The molecule has 2 heteroatoms. The zero-order valence-corrected chi connectivity index (χ0v) is 13.2. The highest BCUT2D eigenvalue weighted by atomic mass is 28.3. The summed E-state index contributed by atoms with van der Waals surface area (Å²) in [6, 6.07) is 13.8. The van der Waals surface area contributed by atoms with E-state index in [1.54, 1.807) is 0 Å². The molecular weight excluding hydrogens is 236 g/mol. The van der Waals surface area contributed by atoms with Crippen LogP contribution in [0, 0.1) is 0 Å². The summed E-state index contributed by atoms with van der Waals surface area (Å²) in [7, 11) is -1.36. The molecule has 1 rings (SSSR count). The van der Waals surface area contributed by atoms with Gasteiger partial charge >= 0.3 is 0 Å². The average molecular weight is 262 g/mol. The van der Waals surface area contributed by atoms with E-state index in [0.29, 0.717) is 0 Å². The summed E-state index contributed by atoms with van der Waals surface area (Å²) in [5, 5.41) is 1.36. The third-order valence-electron chi connectivity index (χ3n) is 4.26. The summed E-state index contributed by atoms with van der Waals surface area (Å²) in [5.74, 6) is 0.942. The van der Waals surface area contributed by atoms with E-state index in [9.17, 15) is 0 Å². The molecule has 0 aliphatic carbocycles. The van der Waals surface area contributed by atoms with Gasteiger partial charge in [-0.05, 0) is 24.3 Å². The van der Waals surface area contributed by atoms with Crippen LogP contribution in [0.2, 0.25) is 18.1 Å². The Labute approximate surface area is 113 Å². The molecule has 0 fully saturated rings. The van der Waals surface area contributed by atoms with Crippen molar-refractivity contribution in [3.63, 3.8) is 0 Å². The van der Waals surface area contributed by atoms with Crippen molar-refractivity contribution in [2.24, 2.45) is 0 Å². The molecule has 0 bridgehead atoms. The van der Waals surface area contributed by atoms with Gasteiger partial charge in [-0.25, -0.2) is 0 Å². The predicted molar refractivity (Wildman–Crippen MR) is 82.9 cm³/mol. The van der Waals surface area contributed by atoms with Crippen LogP contribution >= 0.6 is 0 Å². The van der Waals surface area contributed by atoms with Crippen molar-refractivity contribution in [3.8, 4) is 5.75 Å². The number of hydrogen-bond donors (Lipinski definition) is 0. The van der Waals surface area contributed by atoms with Crippen molar-refractivity contribution in [3.05, 3.63) is 42.1 Å². The highest BCUT2D eigenvalue weighted by molar-refractivity contribution is 6.86. The van der Waals surface area contributed by atoms with Crippen LogP contribution in [0.25, 0.3) is 0 Å². The predicted octanol–water partition coefficient (Wildman–Crippen LogP) is 5.06. The first-order valence-corrected chi connectivity index (χ1v) is 9.62. The van der Waals surface area contributed by atoms with Crippen LogP contribution in [0.1, 0.15) is 27.7 Å². The molecule has 1 nitrogen and oxygen atoms in total. The Morgan fingerprint density at radius 1 is 1.11 bits per heavy atom. The van der Waals surface area contributed by atoms with E-state index in [1.807, 2.05) is 30.3 Å². The zero-order valence-electron chi connectivity index (χ0n) is 12.2. The van der Waals surface area contributed by atoms with Crippen LogP contribution in [-0.4, -0.2) is 14.2 Å². The van der Waals surface area contributed by atoms with Gasteiger partial charge in [0.15, 0.2) is 0 Å². The Morgan fingerprint density at radius 2 is 1.61 bits per heavy atom. The molecule has 0 amide bonds. The molecule has 1 aromatic carbocycles. The number of ether oxygens (including phenoxy) is 1. The molecule has 0 spiro atoms. The summed E-state index contributed by atoms with van der Waals surface area (Å²) in [4.78, 5) is 0. The summed E-state index contributed by atoms with van der Waals surface area (Å²) in [6.45, 7) is 13.4. The average Bonchev–Trinajstić information content (AvgIpc) is 2.42. The molecule has 1 unspecified atom stereocenters. The van der Waals surface area contributed by atoms with Crippen molar-refractivity contribution in [2.45, 2.75) is 51.9 Å². The van der Waals surface area contributed by atoms with Crippen molar-refractivity contribution >= 4 is 8.07 Å². The standard InChI is InChI=1S/C16H26OSi/c1-6-18(7-2,8-3)15(5)14(4)17-16-12-10-9-11-13-16/h9-14H,5-8H2,1-4H3. The van der Waals surface area contributed by atoms with Gasteiger partial charge in [0.2, 0.25) is 0 Å². The quantitative estimate of drug-likeness (QED) is 0.624. The van der Waals surface area contributed by atoms with Crippen LogP contribution in [0.15, 0.2) is 42.1 Å². The third kappa shape index (κ3) is 3.26. The van der Waals surface area contributed by atoms with Crippen molar-refractivity contribution in [1.82, 2.24) is 0 Å². The van der Waals surface area contributed by atoms with Gasteiger partial charge in [-0.1, -0.05) is 57.1 Å². The van der Waals surface area contributed by atoms with Gasteiger partial charge in [0.25, 0.3) is 0 Å². The molecule has 18 heavy (non-hydrogen) atoms. The molecule has 0 aliphatic heterocycles. The maximum Gasteiger partial charge on any atom is 0.120 e. The fourth-order valence-electron chi connectivity index (χ4n) is 2.64. The second-order valence-corrected chi connectivity index (χ2v) is 10.3. The topological polar surface area (TPSA) is 9.23 Å². The smallest absolute Gasteiger partial charge is 0.120 e. The fourth-order valence-corrected chi connectivity index (χ4v) is 6.42. The molecule has 0 aliphatic rings. The van der Waals surface area contributed by atoms with E-state index in [1.165, 1.54) is 23.3 Å². The van der Waals surface area contributed by atoms with Crippen molar-refractivity contribution in [2.75, 3.05) is 0 Å². The summed E-state index contributed by atoms with van der Waals surface area (Å²) in [6.07, 6.45) is 0.124. The van der Waals surface area contributed by atoms with E-state index in [2.05, 4.69) is 34.3 Å². The van der Waals surface area contributed by atoms with Gasteiger partial charge < -0.3 is 4.74 Å². The number of para-hydroxylation sites is 1. The van der Waals surface area contributed by atoms with Gasteiger partial charge in [-0.15, -0.1) is 6.58 Å².